The minimum absolute atomic E-state index is 0.00621. The number of carbonyl (C=O) groups excluding carboxylic acids is 1. The molecule has 3 rings (SSSR count). The van der Waals surface area contributed by atoms with E-state index < -0.39 is 17.8 Å². The molecule has 0 saturated heterocycles. The SMILES string of the molecule is CCN(CC)c1ccc(NC(=O)[C@@H]2[C@@H](C(=O)O)[C@H]3C=C[C@H]2C3)cc1. The van der Waals surface area contributed by atoms with Crippen LogP contribution in [-0.2, 0) is 9.59 Å². The van der Waals surface area contributed by atoms with E-state index in [-0.39, 0.29) is 17.7 Å². The summed E-state index contributed by atoms with van der Waals surface area (Å²) < 4.78 is 0. The minimum Gasteiger partial charge on any atom is -0.481 e. The van der Waals surface area contributed by atoms with Gasteiger partial charge < -0.3 is 15.3 Å². The molecule has 2 aliphatic rings. The molecule has 1 saturated carbocycles. The molecule has 0 aliphatic heterocycles. The summed E-state index contributed by atoms with van der Waals surface area (Å²) in [6.07, 6.45) is 4.72. The smallest absolute Gasteiger partial charge is 0.307 e. The van der Waals surface area contributed by atoms with Gasteiger partial charge in [-0.05, 0) is 56.4 Å². The Labute approximate surface area is 142 Å². The van der Waals surface area contributed by atoms with Crippen molar-refractivity contribution >= 4 is 23.3 Å². The molecule has 24 heavy (non-hydrogen) atoms. The number of amides is 1. The molecule has 4 atom stereocenters. The zero-order valence-electron chi connectivity index (χ0n) is 14.1. The number of benzene rings is 1. The molecule has 0 spiro atoms. The summed E-state index contributed by atoms with van der Waals surface area (Å²) in [5.41, 5.74) is 1.83. The van der Waals surface area contributed by atoms with Gasteiger partial charge in [0.15, 0.2) is 0 Å². The van der Waals surface area contributed by atoms with Gasteiger partial charge in [0.1, 0.15) is 0 Å². The van der Waals surface area contributed by atoms with Crippen molar-refractivity contribution in [3.8, 4) is 0 Å². The highest BCUT2D eigenvalue weighted by Gasteiger charge is 2.51. The standard InChI is InChI=1S/C19H24N2O3/c1-3-21(4-2)15-9-7-14(8-10-15)20-18(22)16-12-5-6-13(11-12)17(16)19(23)24/h5-10,12-13,16-17H,3-4,11H2,1-2H3,(H,20,22)(H,23,24)/t12-,13-,16-,17-/m0/s1. The molecule has 2 aliphatic carbocycles. The molecule has 5 heteroatoms. The van der Waals surface area contributed by atoms with Crippen molar-refractivity contribution in [3.05, 3.63) is 36.4 Å². The number of carboxylic acids is 1. The van der Waals surface area contributed by atoms with E-state index in [1.54, 1.807) is 0 Å². The Bertz CT molecular complexity index is 649. The minimum atomic E-state index is -0.871. The van der Waals surface area contributed by atoms with Crippen molar-refractivity contribution < 1.29 is 14.7 Å². The van der Waals surface area contributed by atoms with E-state index in [1.807, 2.05) is 36.4 Å². The maximum absolute atomic E-state index is 12.6. The van der Waals surface area contributed by atoms with Gasteiger partial charge in [0.05, 0.1) is 11.8 Å². The highest BCUT2D eigenvalue weighted by molar-refractivity contribution is 5.96. The predicted octanol–water partition coefficient (Wildman–Crippen LogP) is 2.99. The lowest BCUT2D eigenvalue weighted by Gasteiger charge is -2.24. The van der Waals surface area contributed by atoms with Crippen molar-refractivity contribution in [3.63, 3.8) is 0 Å². The molecule has 0 heterocycles. The lowest BCUT2D eigenvalue weighted by molar-refractivity contribution is -0.146. The van der Waals surface area contributed by atoms with Gasteiger partial charge in [-0.25, -0.2) is 0 Å². The number of anilines is 2. The lowest BCUT2D eigenvalue weighted by atomic mass is 9.82. The molecule has 0 aromatic heterocycles. The summed E-state index contributed by atoms with van der Waals surface area (Å²) >= 11 is 0. The number of carboxylic acid groups (broad SMARTS) is 1. The molecule has 1 aromatic carbocycles. The zero-order chi connectivity index (χ0) is 17.3. The first-order chi connectivity index (χ1) is 11.5. The third-order valence-corrected chi connectivity index (χ3v) is 5.31. The van der Waals surface area contributed by atoms with Crippen LogP contribution in [0.25, 0.3) is 0 Å². The maximum Gasteiger partial charge on any atom is 0.307 e. The van der Waals surface area contributed by atoms with Gasteiger partial charge in [-0.15, -0.1) is 0 Å². The van der Waals surface area contributed by atoms with Crippen molar-refractivity contribution in [1.82, 2.24) is 0 Å². The monoisotopic (exact) mass is 328 g/mol. The van der Waals surface area contributed by atoms with Crippen LogP contribution in [0.2, 0.25) is 0 Å². The van der Waals surface area contributed by atoms with E-state index in [4.69, 9.17) is 0 Å². The molecular formula is C19H24N2O3. The normalized spacial score (nSPS) is 27.2. The highest BCUT2D eigenvalue weighted by atomic mass is 16.4. The summed E-state index contributed by atoms with van der Waals surface area (Å²) in [5.74, 6) is -2.09. The molecule has 128 valence electrons. The molecule has 5 nitrogen and oxygen atoms in total. The molecule has 2 N–H and O–H groups in total. The summed E-state index contributed by atoms with van der Waals surface area (Å²) in [6, 6.07) is 7.73. The average Bonchev–Trinajstić information content (AvgIpc) is 3.18. The van der Waals surface area contributed by atoms with E-state index in [9.17, 15) is 14.7 Å². The Kier molecular flexibility index (Phi) is 4.60. The van der Waals surface area contributed by atoms with Gasteiger partial charge in [-0.1, -0.05) is 12.2 Å². The van der Waals surface area contributed by atoms with Crippen LogP contribution in [0.3, 0.4) is 0 Å². The van der Waals surface area contributed by atoms with E-state index in [0.717, 1.165) is 25.2 Å². The van der Waals surface area contributed by atoms with Crippen LogP contribution in [0, 0.1) is 23.7 Å². The summed E-state index contributed by atoms with van der Waals surface area (Å²) in [7, 11) is 0. The second-order valence-corrected chi connectivity index (χ2v) is 6.55. The molecule has 0 radical (unpaired) electrons. The fraction of sp³-hybridized carbons (Fsp3) is 0.474. The first kappa shape index (κ1) is 16.6. The summed E-state index contributed by atoms with van der Waals surface area (Å²) in [6.45, 7) is 6.07. The molecule has 2 bridgehead atoms. The highest BCUT2D eigenvalue weighted by Crippen LogP contribution is 2.48. The molecular weight excluding hydrogens is 304 g/mol. The number of rotatable bonds is 6. The number of nitrogens with zero attached hydrogens (tertiary/aromatic N) is 1. The largest absolute Gasteiger partial charge is 0.481 e. The molecule has 1 aromatic rings. The third-order valence-electron chi connectivity index (χ3n) is 5.31. The van der Waals surface area contributed by atoms with Crippen LogP contribution < -0.4 is 10.2 Å². The van der Waals surface area contributed by atoms with E-state index in [1.165, 1.54) is 0 Å². The fourth-order valence-electron chi connectivity index (χ4n) is 4.09. The Morgan fingerprint density at radius 3 is 2.21 bits per heavy atom. The number of allylic oxidation sites excluding steroid dienone is 2. The summed E-state index contributed by atoms with van der Waals surface area (Å²) in [4.78, 5) is 26.4. The number of hydrogen-bond acceptors (Lipinski definition) is 3. The predicted molar refractivity (Wildman–Crippen MR) is 94.0 cm³/mol. The topological polar surface area (TPSA) is 69.6 Å². The van der Waals surface area contributed by atoms with E-state index in [0.29, 0.717) is 5.69 Å². The zero-order valence-corrected chi connectivity index (χ0v) is 14.1. The van der Waals surface area contributed by atoms with Crippen molar-refractivity contribution in [1.29, 1.82) is 0 Å². The van der Waals surface area contributed by atoms with Crippen LogP contribution in [-0.4, -0.2) is 30.1 Å². The van der Waals surface area contributed by atoms with Crippen LogP contribution >= 0.6 is 0 Å². The van der Waals surface area contributed by atoms with E-state index >= 15 is 0 Å². The average molecular weight is 328 g/mol. The van der Waals surface area contributed by atoms with Gasteiger partial charge in [0.2, 0.25) is 5.91 Å². The Hall–Kier alpha value is -2.30. The number of hydrogen-bond donors (Lipinski definition) is 2. The lowest BCUT2D eigenvalue weighted by Crippen LogP contribution is -2.36. The maximum atomic E-state index is 12.6. The Morgan fingerprint density at radius 1 is 1.08 bits per heavy atom. The second-order valence-electron chi connectivity index (χ2n) is 6.55. The number of fused-ring (bicyclic) bond motifs is 2. The van der Waals surface area contributed by atoms with Gasteiger partial charge in [0.25, 0.3) is 0 Å². The second kappa shape index (κ2) is 6.67. The van der Waals surface area contributed by atoms with Gasteiger partial charge in [-0.2, -0.15) is 0 Å². The molecule has 1 fully saturated rings. The quantitative estimate of drug-likeness (QED) is 0.788. The third kappa shape index (κ3) is 2.90. The number of carbonyl (C=O) groups is 2. The summed E-state index contributed by atoms with van der Waals surface area (Å²) in [5, 5.41) is 12.4. The van der Waals surface area contributed by atoms with E-state index in [2.05, 4.69) is 24.1 Å². The van der Waals surface area contributed by atoms with Crippen LogP contribution in [0.4, 0.5) is 11.4 Å². The van der Waals surface area contributed by atoms with Crippen molar-refractivity contribution in [2.24, 2.45) is 23.7 Å². The van der Waals surface area contributed by atoms with Gasteiger partial charge >= 0.3 is 5.97 Å². The first-order valence-electron chi connectivity index (χ1n) is 8.62. The van der Waals surface area contributed by atoms with Crippen molar-refractivity contribution in [2.45, 2.75) is 20.3 Å². The first-order valence-corrected chi connectivity index (χ1v) is 8.62. The van der Waals surface area contributed by atoms with Crippen molar-refractivity contribution in [2.75, 3.05) is 23.3 Å². The number of aliphatic carboxylic acids is 1. The number of nitrogens with one attached hydrogen (secondary N) is 1. The Balaban J connectivity index is 1.71. The Morgan fingerprint density at radius 2 is 1.67 bits per heavy atom. The van der Waals surface area contributed by atoms with Gasteiger partial charge in [-0.3, -0.25) is 9.59 Å². The van der Waals surface area contributed by atoms with Crippen LogP contribution in [0.15, 0.2) is 36.4 Å². The molecule has 0 unspecified atom stereocenters. The van der Waals surface area contributed by atoms with Gasteiger partial charge in [0, 0.05) is 24.5 Å². The van der Waals surface area contributed by atoms with Crippen LogP contribution in [0.1, 0.15) is 20.3 Å². The fourth-order valence-corrected chi connectivity index (χ4v) is 4.09. The van der Waals surface area contributed by atoms with Crippen LogP contribution in [0.5, 0.6) is 0 Å². The molecule has 1 amide bonds.